The molecule has 0 aliphatic carbocycles. The van der Waals surface area contributed by atoms with Gasteiger partial charge in [-0.3, -0.25) is 0 Å². The average molecular weight is 222 g/mol. The largest absolute Gasteiger partial charge is 0.497 e. The Morgan fingerprint density at radius 3 is 2.25 bits per heavy atom. The van der Waals surface area contributed by atoms with Crippen molar-refractivity contribution < 1.29 is 4.74 Å². The van der Waals surface area contributed by atoms with Crippen LogP contribution in [0.25, 0.3) is 0 Å². The molecular formula is C15H26O. The van der Waals surface area contributed by atoms with Crippen LogP contribution in [0, 0.1) is 0 Å². The molecule has 0 bridgehead atoms. The molecule has 0 atom stereocenters. The molecule has 1 heteroatoms. The summed E-state index contributed by atoms with van der Waals surface area (Å²) in [6.45, 7) is 11.4. The van der Waals surface area contributed by atoms with Crippen molar-refractivity contribution in [1.29, 1.82) is 0 Å². The molecule has 0 aromatic heterocycles. The van der Waals surface area contributed by atoms with Crippen LogP contribution in [0.5, 0.6) is 0 Å². The molecule has 0 aromatic carbocycles. The second kappa shape index (κ2) is 9.26. The highest BCUT2D eigenvalue weighted by Crippen LogP contribution is 2.06. The summed E-state index contributed by atoms with van der Waals surface area (Å²) < 4.78 is 5.43. The Bertz CT molecular complexity index is 265. The maximum absolute atomic E-state index is 5.43. The maximum atomic E-state index is 5.43. The van der Waals surface area contributed by atoms with Crippen LogP contribution in [0.2, 0.25) is 0 Å². The lowest BCUT2D eigenvalue weighted by Gasteiger charge is -2.01. The Hall–Kier alpha value is -0.980. The fraction of sp³-hybridized carbons (Fsp3) is 0.600. The van der Waals surface area contributed by atoms with Crippen LogP contribution >= 0.6 is 0 Å². The molecule has 0 heterocycles. The SMILES string of the molecule is CC/C(C)=C\OC/C=C(\C)CCC=C(C)C. The van der Waals surface area contributed by atoms with Crippen LogP contribution in [0.4, 0.5) is 0 Å². The molecule has 0 radical (unpaired) electrons. The summed E-state index contributed by atoms with van der Waals surface area (Å²) in [5, 5.41) is 0. The highest BCUT2D eigenvalue weighted by molar-refractivity contribution is 5.02. The van der Waals surface area contributed by atoms with Crippen LogP contribution in [-0.2, 0) is 4.74 Å². The van der Waals surface area contributed by atoms with Gasteiger partial charge in [0.2, 0.25) is 0 Å². The minimum atomic E-state index is 0.692. The van der Waals surface area contributed by atoms with Gasteiger partial charge < -0.3 is 4.74 Å². The molecule has 1 nitrogen and oxygen atoms in total. The molecule has 0 rings (SSSR count). The molecule has 0 aliphatic heterocycles. The van der Waals surface area contributed by atoms with E-state index < -0.39 is 0 Å². The fourth-order valence-corrected chi connectivity index (χ4v) is 1.15. The van der Waals surface area contributed by atoms with Crippen molar-refractivity contribution in [3.05, 3.63) is 35.1 Å². The maximum Gasteiger partial charge on any atom is 0.106 e. The average Bonchev–Trinajstić information content (AvgIpc) is 2.23. The van der Waals surface area contributed by atoms with Crippen LogP contribution in [-0.4, -0.2) is 6.61 Å². The van der Waals surface area contributed by atoms with Crippen LogP contribution in [0.3, 0.4) is 0 Å². The summed E-state index contributed by atoms with van der Waals surface area (Å²) in [6.07, 6.45) is 9.63. The number of hydrogen-bond acceptors (Lipinski definition) is 1. The molecule has 0 fully saturated rings. The van der Waals surface area contributed by atoms with E-state index in [1.807, 2.05) is 6.26 Å². The molecule has 16 heavy (non-hydrogen) atoms. The molecule has 0 aliphatic rings. The second-order valence-electron chi connectivity index (χ2n) is 4.52. The molecule has 92 valence electrons. The zero-order valence-corrected chi connectivity index (χ0v) is 11.5. The van der Waals surface area contributed by atoms with E-state index in [2.05, 4.69) is 46.8 Å². The number of rotatable bonds is 7. The minimum absolute atomic E-state index is 0.692. The molecule has 0 saturated carbocycles. The fourth-order valence-electron chi connectivity index (χ4n) is 1.15. The first-order valence-electron chi connectivity index (χ1n) is 6.12. The summed E-state index contributed by atoms with van der Waals surface area (Å²) in [6, 6.07) is 0. The summed E-state index contributed by atoms with van der Waals surface area (Å²) in [7, 11) is 0. The molecule has 0 aromatic rings. The Morgan fingerprint density at radius 2 is 1.69 bits per heavy atom. The predicted molar refractivity (Wildman–Crippen MR) is 72.4 cm³/mol. The van der Waals surface area contributed by atoms with E-state index in [4.69, 9.17) is 4.74 Å². The number of ether oxygens (including phenoxy) is 1. The van der Waals surface area contributed by atoms with E-state index >= 15 is 0 Å². The third kappa shape index (κ3) is 9.57. The first-order chi connectivity index (χ1) is 7.56. The van der Waals surface area contributed by atoms with Gasteiger partial charge in [0, 0.05) is 0 Å². The van der Waals surface area contributed by atoms with Crippen molar-refractivity contribution in [1.82, 2.24) is 0 Å². The molecule has 0 N–H and O–H groups in total. The summed E-state index contributed by atoms with van der Waals surface area (Å²) in [5.74, 6) is 0. The highest BCUT2D eigenvalue weighted by atomic mass is 16.5. The van der Waals surface area contributed by atoms with Gasteiger partial charge in [-0.15, -0.1) is 0 Å². The van der Waals surface area contributed by atoms with Gasteiger partial charge in [0.05, 0.1) is 6.26 Å². The van der Waals surface area contributed by atoms with Crippen LogP contribution in [0.15, 0.2) is 35.1 Å². The normalized spacial score (nSPS) is 12.6. The van der Waals surface area contributed by atoms with Gasteiger partial charge in [-0.05, 0) is 58.6 Å². The van der Waals surface area contributed by atoms with E-state index in [0.29, 0.717) is 6.61 Å². The lowest BCUT2D eigenvalue weighted by atomic mass is 10.1. The predicted octanol–water partition coefficient (Wildman–Crippen LogP) is 5.01. The molecule has 0 unspecified atom stereocenters. The van der Waals surface area contributed by atoms with Gasteiger partial charge in [0.25, 0.3) is 0 Å². The van der Waals surface area contributed by atoms with Gasteiger partial charge in [-0.25, -0.2) is 0 Å². The standard InChI is InChI=1S/C15H26O/c1-6-14(4)12-16-11-10-15(5)9-7-8-13(2)3/h8,10,12H,6-7,9,11H2,1-5H3/b14-12-,15-10+. The van der Waals surface area contributed by atoms with Crippen molar-refractivity contribution in [2.45, 2.75) is 53.9 Å². The summed E-state index contributed by atoms with van der Waals surface area (Å²) in [5.41, 5.74) is 4.08. The van der Waals surface area contributed by atoms with E-state index in [0.717, 1.165) is 19.3 Å². The molecule has 0 saturated heterocycles. The topological polar surface area (TPSA) is 9.23 Å². The molecule has 0 amide bonds. The Balaban J connectivity index is 3.75. The van der Waals surface area contributed by atoms with Gasteiger partial charge >= 0.3 is 0 Å². The zero-order valence-electron chi connectivity index (χ0n) is 11.5. The Labute approximate surface area is 101 Å². The van der Waals surface area contributed by atoms with Crippen molar-refractivity contribution in [2.24, 2.45) is 0 Å². The van der Waals surface area contributed by atoms with Crippen molar-refractivity contribution in [3.63, 3.8) is 0 Å². The summed E-state index contributed by atoms with van der Waals surface area (Å²) in [4.78, 5) is 0. The first kappa shape index (κ1) is 15.0. The monoisotopic (exact) mass is 222 g/mol. The van der Waals surface area contributed by atoms with E-state index in [1.165, 1.54) is 16.7 Å². The molecule has 0 spiro atoms. The minimum Gasteiger partial charge on any atom is -0.497 e. The van der Waals surface area contributed by atoms with E-state index in [1.54, 1.807) is 0 Å². The number of allylic oxidation sites excluding steroid dienone is 4. The second-order valence-corrected chi connectivity index (χ2v) is 4.52. The first-order valence-corrected chi connectivity index (χ1v) is 6.12. The van der Waals surface area contributed by atoms with Crippen LogP contribution < -0.4 is 0 Å². The van der Waals surface area contributed by atoms with Gasteiger partial charge in [0.1, 0.15) is 6.61 Å². The third-order valence-electron chi connectivity index (χ3n) is 2.46. The van der Waals surface area contributed by atoms with Gasteiger partial charge in [-0.2, -0.15) is 0 Å². The smallest absolute Gasteiger partial charge is 0.106 e. The quantitative estimate of drug-likeness (QED) is 0.334. The zero-order chi connectivity index (χ0) is 12.4. The van der Waals surface area contributed by atoms with Crippen molar-refractivity contribution >= 4 is 0 Å². The van der Waals surface area contributed by atoms with Gasteiger partial charge in [-0.1, -0.05) is 24.1 Å². The van der Waals surface area contributed by atoms with Crippen molar-refractivity contribution in [3.8, 4) is 0 Å². The van der Waals surface area contributed by atoms with Crippen LogP contribution in [0.1, 0.15) is 53.9 Å². The lowest BCUT2D eigenvalue weighted by molar-refractivity contribution is 0.284. The Morgan fingerprint density at radius 1 is 1.00 bits per heavy atom. The lowest BCUT2D eigenvalue weighted by Crippen LogP contribution is -1.86. The highest BCUT2D eigenvalue weighted by Gasteiger charge is 1.89. The number of hydrogen-bond donors (Lipinski definition) is 0. The van der Waals surface area contributed by atoms with E-state index in [-0.39, 0.29) is 0 Å². The van der Waals surface area contributed by atoms with Crippen molar-refractivity contribution in [2.75, 3.05) is 6.61 Å². The van der Waals surface area contributed by atoms with Gasteiger partial charge in [0.15, 0.2) is 0 Å². The van der Waals surface area contributed by atoms with E-state index in [9.17, 15) is 0 Å². The Kier molecular flexibility index (Phi) is 8.69. The summed E-state index contributed by atoms with van der Waals surface area (Å²) >= 11 is 0. The molecular weight excluding hydrogens is 196 g/mol. The third-order valence-corrected chi connectivity index (χ3v) is 2.46.